The van der Waals surface area contributed by atoms with Crippen molar-refractivity contribution in [1.29, 1.82) is 0 Å². The summed E-state index contributed by atoms with van der Waals surface area (Å²) >= 11 is 0. The molecular formula is C25H34N2O4. The lowest BCUT2D eigenvalue weighted by Crippen LogP contribution is -2.55. The quantitative estimate of drug-likeness (QED) is 0.669. The van der Waals surface area contributed by atoms with Crippen LogP contribution in [-0.4, -0.2) is 35.0 Å². The lowest BCUT2D eigenvalue weighted by atomic mass is 9.83. The van der Waals surface area contributed by atoms with Crippen LogP contribution in [0, 0.1) is 5.92 Å². The molecule has 1 saturated carbocycles. The van der Waals surface area contributed by atoms with E-state index in [2.05, 4.69) is 16.7 Å². The average Bonchev–Trinajstić information content (AvgIpc) is 2.76. The fourth-order valence-electron chi connectivity index (χ4n) is 4.58. The van der Waals surface area contributed by atoms with E-state index in [9.17, 15) is 19.5 Å². The van der Waals surface area contributed by atoms with E-state index in [1.807, 2.05) is 30.3 Å². The highest BCUT2D eigenvalue weighted by Gasteiger charge is 2.33. The first-order valence-electron chi connectivity index (χ1n) is 11.6. The number of rotatable bonds is 2. The van der Waals surface area contributed by atoms with Gasteiger partial charge in [0.15, 0.2) is 0 Å². The van der Waals surface area contributed by atoms with Crippen LogP contribution in [0.2, 0.25) is 0 Å². The first-order chi connectivity index (χ1) is 15.0. The minimum Gasteiger partial charge on any atom is -0.480 e. The summed E-state index contributed by atoms with van der Waals surface area (Å²) in [6.07, 6.45) is 13.4. The fraction of sp³-hybridized carbons (Fsp3) is 0.560. The van der Waals surface area contributed by atoms with Gasteiger partial charge in [-0.2, -0.15) is 0 Å². The number of carboxylic acids is 1. The average molecular weight is 427 g/mol. The molecule has 1 aromatic carbocycles. The zero-order valence-electron chi connectivity index (χ0n) is 18.1. The van der Waals surface area contributed by atoms with E-state index < -0.39 is 18.1 Å². The van der Waals surface area contributed by atoms with E-state index in [1.165, 1.54) is 0 Å². The molecule has 0 saturated heterocycles. The second-order valence-electron chi connectivity index (χ2n) is 8.79. The van der Waals surface area contributed by atoms with Crippen LogP contribution in [0.5, 0.6) is 0 Å². The van der Waals surface area contributed by atoms with Gasteiger partial charge in [-0.05, 0) is 49.1 Å². The maximum atomic E-state index is 13.1. The molecule has 6 nitrogen and oxygen atoms in total. The first-order valence-corrected chi connectivity index (χ1v) is 11.6. The van der Waals surface area contributed by atoms with Crippen molar-refractivity contribution in [3.8, 4) is 0 Å². The summed E-state index contributed by atoms with van der Waals surface area (Å²) in [6.45, 7) is 0. The van der Waals surface area contributed by atoms with E-state index in [0.717, 1.165) is 68.9 Å². The van der Waals surface area contributed by atoms with Crippen LogP contribution in [0.15, 0.2) is 30.3 Å². The number of carbonyl (C=O) groups excluding carboxylic acids is 2. The Bertz CT molecular complexity index is 798. The molecule has 1 fully saturated rings. The third kappa shape index (κ3) is 7.23. The van der Waals surface area contributed by atoms with Crippen LogP contribution in [0.25, 0.3) is 6.08 Å². The smallest absolute Gasteiger partial charge is 0.326 e. The zero-order valence-corrected chi connectivity index (χ0v) is 18.1. The fourth-order valence-corrected chi connectivity index (χ4v) is 4.58. The van der Waals surface area contributed by atoms with Crippen LogP contribution in [0.3, 0.4) is 0 Å². The van der Waals surface area contributed by atoms with Crippen molar-refractivity contribution in [2.75, 3.05) is 0 Å². The number of fused-ring (bicyclic) bond motifs is 2. The molecule has 3 N–H and O–H groups in total. The summed E-state index contributed by atoms with van der Waals surface area (Å²) in [5.41, 5.74) is 1.88. The molecule has 1 heterocycles. The molecule has 1 aliphatic carbocycles. The summed E-state index contributed by atoms with van der Waals surface area (Å²) in [5, 5.41) is 15.4. The van der Waals surface area contributed by atoms with Gasteiger partial charge in [-0.15, -0.1) is 0 Å². The van der Waals surface area contributed by atoms with E-state index in [1.54, 1.807) is 0 Å². The number of amides is 2. The lowest BCUT2D eigenvalue weighted by molar-refractivity contribution is -0.142. The summed E-state index contributed by atoms with van der Waals surface area (Å²) in [5.74, 6) is -1.51. The van der Waals surface area contributed by atoms with Gasteiger partial charge in [0.05, 0.1) is 0 Å². The molecule has 3 rings (SSSR count). The summed E-state index contributed by atoms with van der Waals surface area (Å²) in [6, 6.07) is 6.05. The molecule has 0 spiro atoms. The molecule has 31 heavy (non-hydrogen) atoms. The zero-order chi connectivity index (χ0) is 22.1. The van der Waals surface area contributed by atoms with E-state index in [0.29, 0.717) is 6.42 Å². The highest BCUT2D eigenvalue weighted by molar-refractivity contribution is 5.90. The van der Waals surface area contributed by atoms with Crippen molar-refractivity contribution in [2.45, 2.75) is 82.7 Å². The summed E-state index contributed by atoms with van der Waals surface area (Å²) in [4.78, 5) is 37.6. The predicted molar refractivity (Wildman–Crippen MR) is 120 cm³/mol. The van der Waals surface area contributed by atoms with Gasteiger partial charge in [0.2, 0.25) is 11.8 Å². The lowest BCUT2D eigenvalue weighted by Gasteiger charge is -2.31. The number of carboxylic acid groups (broad SMARTS) is 1. The second kappa shape index (κ2) is 11.7. The highest BCUT2D eigenvalue weighted by atomic mass is 16.4. The van der Waals surface area contributed by atoms with Gasteiger partial charge in [-0.1, -0.05) is 62.1 Å². The van der Waals surface area contributed by atoms with Crippen molar-refractivity contribution in [3.05, 3.63) is 41.5 Å². The van der Waals surface area contributed by atoms with Crippen molar-refractivity contribution in [2.24, 2.45) is 5.92 Å². The summed E-state index contributed by atoms with van der Waals surface area (Å²) in [7, 11) is 0. The van der Waals surface area contributed by atoms with Crippen LogP contribution in [0.1, 0.15) is 75.3 Å². The highest BCUT2D eigenvalue weighted by Crippen LogP contribution is 2.27. The number of nitrogens with one attached hydrogen (secondary N) is 2. The third-order valence-corrected chi connectivity index (χ3v) is 6.31. The maximum Gasteiger partial charge on any atom is 0.326 e. The summed E-state index contributed by atoms with van der Waals surface area (Å²) < 4.78 is 0. The van der Waals surface area contributed by atoms with Crippen LogP contribution in [0.4, 0.5) is 0 Å². The molecule has 2 bridgehead atoms. The van der Waals surface area contributed by atoms with Gasteiger partial charge < -0.3 is 15.7 Å². The number of benzene rings is 1. The van der Waals surface area contributed by atoms with Crippen molar-refractivity contribution in [1.82, 2.24) is 10.6 Å². The van der Waals surface area contributed by atoms with Gasteiger partial charge in [-0.25, -0.2) is 4.79 Å². The number of allylic oxidation sites excluding steroid dienone is 1. The Labute approximate surface area is 184 Å². The Morgan fingerprint density at radius 2 is 1.74 bits per heavy atom. The molecule has 1 aromatic rings. The number of hydrogen-bond acceptors (Lipinski definition) is 3. The largest absolute Gasteiger partial charge is 0.480 e. The van der Waals surface area contributed by atoms with Crippen molar-refractivity contribution in [3.63, 3.8) is 0 Å². The SMILES string of the molecule is O=C1CCCCC/C=C\c2cccc(c2)C[C@@H](C(=O)O)NC(=O)[C@H](C2CCCCC2)N1. The normalized spacial score (nSPS) is 25.7. The maximum absolute atomic E-state index is 13.1. The van der Waals surface area contributed by atoms with Crippen LogP contribution in [-0.2, 0) is 20.8 Å². The van der Waals surface area contributed by atoms with Crippen molar-refractivity contribution < 1.29 is 19.5 Å². The minimum atomic E-state index is -1.07. The minimum absolute atomic E-state index is 0.0572. The molecule has 1 aliphatic heterocycles. The molecule has 2 aliphatic rings. The Morgan fingerprint density at radius 3 is 2.52 bits per heavy atom. The number of carbonyl (C=O) groups is 3. The van der Waals surface area contributed by atoms with Gasteiger partial charge >= 0.3 is 5.97 Å². The topological polar surface area (TPSA) is 95.5 Å². The molecular weight excluding hydrogens is 392 g/mol. The molecule has 0 aromatic heterocycles. The monoisotopic (exact) mass is 426 g/mol. The van der Waals surface area contributed by atoms with E-state index in [4.69, 9.17) is 0 Å². The molecule has 6 heteroatoms. The van der Waals surface area contributed by atoms with E-state index >= 15 is 0 Å². The Kier molecular flexibility index (Phi) is 8.68. The molecule has 168 valence electrons. The van der Waals surface area contributed by atoms with Gasteiger partial charge in [0, 0.05) is 12.8 Å². The molecule has 0 radical (unpaired) electrons. The first kappa shape index (κ1) is 23.0. The molecule has 2 amide bonds. The van der Waals surface area contributed by atoms with Gasteiger partial charge in [0.25, 0.3) is 0 Å². The molecule has 0 unspecified atom stereocenters. The Balaban J connectivity index is 1.82. The van der Waals surface area contributed by atoms with Gasteiger partial charge in [-0.3, -0.25) is 9.59 Å². The van der Waals surface area contributed by atoms with Crippen LogP contribution < -0.4 is 10.6 Å². The van der Waals surface area contributed by atoms with Crippen molar-refractivity contribution >= 4 is 23.9 Å². The third-order valence-electron chi connectivity index (χ3n) is 6.31. The van der Waals surface area contributed by atoms with Gasteiger partial charge in [0.1, 0.15) is 12.1 Å². The number of aliphatic carboxylic acids is 1. The number of hydrogen-bond donors (Lipinski definition) is 3. The van der Waals surface area contributed by atoms with Crippen LogP contribution >= 0.6 is 0 Å². The standard InChI is InChI=1S/C25H34N2O4/c28-22-15-8-3-1-2-5-10-18-11-9-12-19(16-18)17-21(25(30)31)26-24(29)23(27-22)20-13-6-4-7-14-20/h5,9-12,16,20-21,23H,1-4,6-8,13-15,17H2,(H,26,29)(H,27,28)(H,30,31)/b10-5-/t21-,23-/m0/s1. The second-order valence-corrected chi connectivity index (χ2v) is 8.79. The predicted octanol–water partition coefficient (Wildman–Crippen LogP) is 3.84. The molecule has 2 atom stereocenters. The van der Waals surface area contributed by atoms with E-state index in [-0.39, 0.29) is 24.2 Å². The Hall–Kier alpha value is -2.63. The Morgan fingerprint density at radius 1 is 0.968 bits per heavy atom.